The summed E-state index contributed by atoms with van der Waals surface area (Å²) >= 11 is 0. The van der Waals surface area contributed by atoms with Gasteiger partial charge in [-0.3, -0.25) is 0 Å². The van der Waals surface area contributed by atoms with Gasteiger partial charge in [0.15, 0.2) is 0 Å². The lowest BCUT2D eigenvalue weighted by molar-refractivity contribution is 0.0665. The summed E-state index contributed by atoms with van der Waals surface area (Å²) in [5.74, 6) is 0.0947. The number of hydrogen-bond donors (Lipinski definition) is 1. The molecule has 0 saturated heterocycles. The summed E-state index contributed by atoms with van der Waals surface area (Å²) in [7, 11) is 0. The standard InChI is InChI=1S/C18H22O5/c1-11(2)21-13-8-15(22-12-6-4-3-5-7-12)14-10-17(18(19)20)23-16(14)9-13/h8-12H,3-7H2,1-2H3,(H,19,20). The molecule has 1 saturated carbocycles. The number of carbonyl (C=O) groups is 1. The Bertz CT molecular complexity index is 695. The molecule has 0 spiro atoms. The Hall–Kier alpha value is -2.17. The second-order valence-corrected chi connectivity index (χ2v) is 6.29. The minimum absolute atomic E-state index is 0.0175. The molecule has 5 nitrogen and oxygen atoms in total. The lowest BCUT2D eigenvalue weighted by Crippen LogP contribution is -2.19. The van der Waals surface area contributed by atoms with Crippen LogP contribution in [0.5, 0.6) is 11.5 Å². The van der Waals surface area contributed by atoms with E-state index in [9.17, 15) is 4.79 Å². The molecule has 1 aliphatic carbocycles. The second-order valence-electron chi connectivity index (χ2n) is 6.29. The molecule has 3 rings (SSSR count). The van der Waals surface area contributed by atoms with Gasteiger partial charge in [0, 0.05) is 18.2 Å². The molecule has 1 aromatic carbocycles. The number of rotatable bonds is 5. The molecular weight excluding hydrogens is 296 g/mol. The van der Waals surface area contributed by atoms with E-state index in [1.165, 1.54) is 25.3 Å². The van der Waals surface area contributed by atoms with Crippen molar-refractivity contribution < 1.29 is 23.8 Å². The Morgan fingerprint density at radius 3 is 2.61 bits per heavy atom. The molecule has 1 N–H and O–H groups in total. The lowest BCUT2D eigenvalue weighted by atomic mass is 9.98. The molecule has 1 aliphatic rings. The molecule has 1 aromatic heterocycles. The van der Waals surface area contributed by atoms with Crippen molar-refractivity contribution in [3.63, 3.8) is 0 Å². The zero-order valence-electron chi connectivity index (χ0n) is 13.5. The van der Waals surface area contributed by atoms with Crippen LogP contribution in [0.25, 0.3) is 11.0 Å². The van der Waals surface area contributed by atoms with Gasteiger partial charge in [-0.15, -0.1) is 0 Å². The van der Waals surface area contributed by atoms with Gasteiger partial charge in [0.1, 0.15) is 17.1 Å². The monoisotopic (exact) mass is 318 g/mol. The number of aromatic carboxylic acids is 1. The zero-order chi connectivity index (χ0) is 16.4. The van der Waals surface area contributed by atoms with Gasteiger partial charge < -0.3 is 19.0 Å². The fourth-order valence-corrected chi connectivity index (χ4v) is 2.99. The largest absolute Gasteiger partial charge is 0.491 e. The topological polar surface area (TPSA) is 68.9 Å². The molecule has 0 radical (unpaired) electrons. The van der Waals surface area contributed by atoms with E-state index in [1.807, 2.05) is 19.9 Å². The highest BCUT2D eigenvalue weighted by atomic mass is 16.5. The first kappa shape index (κ1) is 15.7. The summed E-state index contributed by atoms with van der Waals surface area (Å²) in [6, 6.07) is 5.07. The van der Waals surface area contributed by atoms with Crippen LogP contribution in [0, 0.1) is 0 Å². The normalized spacial score (nSPS) is 16.0. The molecule has 0 atom stereocenters. The van der Waals surface area contributed by atoms with E-state index in [0.717, 1.165) is 12.8 Å². The Labute approximate surface area is 135 Å². The number of hydrogen-bond acceptors (Lipinski definition) is 4. The first-order chi connectivity index (χ1) is 11.0. The number of carboxylic acid groups (broad SMARTS) is 1. The maximum absolute atomic E-state index is 11.2. The molecule has 1 heterocycles. The van der Waals surface area contributed by atoms with Crippen molar-refractivity contribution in [2.24, 2.45) is 0 Å². The minimum atomic E-state index is -1.09. The van der Waals surface area contributed by atoms with Crippen LogP contribution in [0.2, 0.25) is 0 Å². The van der Waals surface area contributed by atoms with E-state index < -0.39 is 5.97 Å². The van der Waals surface area contributed by atoms with Gasteiger partial charge in [-0.05, 0) is 39.5 Å². The van der Waals surface area contributed by atoms with Gasteiger partial charge >= 0.3 is 5.97 Å². The molecule has 124 valence electrons. The summed E-state index contributed by atoms with van der Waals surface area (Å²) in [6.07, 6.45) is 5.83. The zero-order valence-corrected chi connectivity index (χ0v) is 13.5. The highest BCUT2D eigenvalue weighted by Crippen LogP contribution is 2.36. The van der Waals surface area contributed by atoms with E-state index in [4.69, 9.17) is 19.0 Å². The van der Waals surface area contributed by atoms with Crippen molar-refractivity contribution in [2.75, 3.05) is 0 Å². The molecule has 23 heavy (non-hydrogen) atoms. The number of carboxylic acids is 1. The molecular formula is C18H22O5. The molecule has 2 aromatic rings. The maximum Gasteiger partial charge on any atom is 0.371 e. The van der Waals surface area contributed by atoms with Crippen molar-refractivity contribution in [2.45, 2.75) is 58.2 Å². The highest BCUT2D eigenvalue weighted by molar-refractivity contribution is 5.94. The molecule has 5 heteroatoms. The van der Waals surface area contributed by atoms with E-state index in [0.29, 0.717) is 22.5 Å². The van der Waals surface area contributed by atoms with Crippen LogP contribution in [0.4, 0.5) is 0 Å². The van der Waals surface area contributed by atoms with Crippen molar-refractivity contribution in [3.8, 4) is 11.5 Å². The van der Waals surface area contributed by atoms with Crippen LogP contribution in [-0.2, 0) is 0 Å². The Morgan fingerprint density at radius 2 is 1.96 bits per heavy atom. The van der Waals surface area contributed by atoms with Gasteiger partial charge in [-0.25, -0.2) is 4.79 Å². The van der Waals surface area contributed by atoms with Crippen molar-refractivity contribution in [1.29, 1.82) is 0 Å². The third-order valence-electron chi connectivity index (χ3n) is 4.00. The number of furan rings is 1. The first-order valence-corrected chi connectivity index (χ1v) is 8.17. The van der Waals surface area contributed by atoms with Gasteiger partial charge in [0.05, 0.1) is 17.6 Å². The summed E-state index contributed by atoms with van der Waals surface area (Å²) in [5.41, 5.74) is 0.478. The Morgan fingerprint density at radius 1 is 1.22 bits per heavy atom. The van der Waals surface area contributed by atoms with Gasteiger partial charge in [-0.2, -0.15) is 0 Å². The summed E-state index contributed by atoms with van der Waals surface area (Å²) in [5, 5.41) is 9.83. The summed E-state index contributed by atoms with van der Waals surface area (Å²) in [4.78, 5) is 11.2. The average molecular weight is 318 g/mol. The molecule has 0 unspecified atom stereocenters. The SMILES string of the molecule is CC(C)Oc1cc(OC2CCCCC2)c2cc(C(=O)O)oc2c1. The van der Waals surface area contributed by atoms with E-state index in [-0.39, 0.29) is 18.0 Å². The van der Waals surface area contributed by atoms with Crippen molar-refractivity contribution >= 4 is 16.9 Å². The van der Waals surface area contributed by atoms with Crippen LogP contribution >= 0.6 is 0 Å². The van der Waals surface area contributed by atoms with Gasteiger partial charge in [0.2, 0.25) is 5.76 Å². The van der Waals surface area contributed by atoms with Crippen molar-refractivity contribution in [1.82, 2.24) is 0 Å². The minimum Gasteiger partial charge on any atom is -0.491 e. The molecule has 1 fully saturated rings. The van der Waals surface area contributed by atoms with E-state index in [2.05, 4.69) is 0 Å². The van der Waals surface area contributed by atoms with Gasteiger partial charge in [-0.1, -0.05) is 6.42 Å². The van der Waals surface area contributed by atoms with Gasteiger partial charge in [0.25, 0.3) is 0 Å². The number of ether oxygens (including phenoxy) is 2. The second kappa shape index (κ2) is 6.52. The predicted molar refractivity (Wildman–Crippen MR) is 86.4 cm³/mol. The average Bonchev–Trinajstić information content (AvgIpc) is 2.92. The fraction of sp³-hybridized carbons (Fsp3) is 0.500. The number of benzene rings is 1. The summed E-state index contributed by atoms with van der Waals surface area (Å²) < 4.78 is 17.3. The first-order valence-electron chi connectivity index (χ1n) is 8.17. The quantitative estimate of drug-likeness (QED) is 0.870. The fourth-order valence-electron chi connectivity index (χ4n) is 2.99. The van der Waals surface area contributed by atoms with Crippen LogP contribution in [-0.4, -0.2) is 23.3 Å². The maximum atomic E-state index is 11.2. The molecule has 0 aliphatic heterocycles. The van der Waals surface area contributed by atoms with Crippen LogP contribution in [0.3, 0.4) is 0 Å². The molecule has 0 amide bonds. The third kappa shape index (κ3) is 3.60. The molecule has 0 bridgehead atoms. The van der Waals surface area contributed by atoms with Crippen LogP contribution in [0.15, 0.2) is 22.6 Å². The highest BCUT2D eigenvalue weighted by Gasteiger charge is 2.20. The number of fused-ring (bicyclic) bond motifs is 1. The predicted octanol–water partition coefficient (Wildman–Crippen LogP) is 4.63. The smallest absolute Gasteiger partial charge is 0.371 e. The Kier molecular flexibility index (Phi) is 4.46. The van der Waals surface area contributed by atoms with E-state index >= 15 is 0 Å². The van der Waals surface area contributed by atoms with Crippen LogP contribution in [0.1, 0.15) is 56.5 Å². The van der Waals surface area contributed by atoms with E-state index in [1.54, 1.807) is 6.07 Å². The third-order valence-corrected chi connectivity index (χ3v) is 4.00. The van der Waals surface area contributed by atoms with Crippen molar-refractivity contribution in [3.05, 3.63) is 24.0 Å². The Balaban J connectivity index is 1.98. The van der Waals surface area contributed by atoms with Crippen LogP contribution < -0.4 is 9.47 Å². The summed E-state index contributed by atoms with van der Waals surface area (Å²) in [6.45, 7) is 3.88. The lowest BCUT2D eigenvalue weighted by Gasteiger charge is -2.23.